The molecule has 26 heteroatoms. The summed E-state index contributed by atoms with van der Waals surface area (Å²) < 4.78 is 0. The van der Waals surface area contributed by atoms with Gasteiger partial charge in [0, 0.05) is 102 Å². The summed E-state index contributed by atoms with van der Waals surface area (Å²) in [6.45, 7) is 37.3. The van der Waals surface area contributed by atoms with Gasteiger partial charge in [-0.3, -0.25) is 0 Å². The van der Waals surface area contributed by atoms with Crippen molar-refractivity contribution in [1.82, 2.24) is 59.8 Å². The number of aliphatic carboxylic acids is 6. The van der Waals surface area contributed by atoms with Gasteiger partial charge in [0.05, 0.1) is 68.3 Å². The molecule has 0 unspecified atom stereocenters. The van der Waals surface area contributed by atoms with Crippen LogP contribution in [0.25, 0.3) is 133 Å². The van der Waals surface area contributed by atoms with Crippen molar-refractivity contribution in [2.45, 2.75) is 240 Å². The van der Waals surface area contributed by atoms with Gasteiger partial charge in [-0.1, -0.05) is 41.5 Å². The van der Waals surface area contributed by atoms with Crippen LogP contribution in [-0.4, -0.2) is 95.6 Å². The van der Waals surface area contributed by atoms with E-state index in [1.807, 2.05) is 96.1 Å². The van der Waals surface area contributed by atoms with Crippen LogP contribution in [0.15, 0.2) is 72.8 Å². The molecular formula is C102H108Au2N12O12. The number of nitrogens with zero attached hydrogens (tertiary/aromatic N) is 6. The van der Waals surface area contributed by atoms with Gasteiger partial charge in [-0.2, -0.15) is 0 Å². The van der Waals surface area contributed by atoms with Crippen LogP contribution in [0, 0.1) is 41.5 Å². The van der Waals surface area contributed by atoms with Gasteiger partial charge < -0.3 is 89.3 Å². The van der Waals surface area contributed by atoms with Crippen molar-refractivity contribution in [1.29, 1.82) is 0 Å². The molecule has 0 aromatic carbocycles. The Hall–Kier alpha value is -11.9. The monoisotopic (exact) mass is 2090 g/mol. The van der Waals surface area contributed by atoms with Gasteiger partial charge in [0.15, 0.2) is 0 Å². The van der Waals surface area contributed by atoms with E-state index >= 15 is 0 Å². The predicted octanol–water partition coefficient (Wildman–Crippen LogP) is 14.9. The first-order valence-electron chi connectivity index (χ1n) is 43.7. The maximum Gasteiger partial charge on any atom is 3.00 e. The van der Waals surface area contributed by atoms with Gasteiger partial charge in [0.2, 0.25) is 0 Å². The number of carboxylic acid groups (broad SMARTS) is 6. The minimum atomic E-state index is -1.13. The fraction of sp³-hybridized carbons (Fsp3) is 0.353. The third kappa shape index (κ3) is 20.0. The summed E-state index contributed by atoms with van der Waals surface area (Å²) in [4.78, 5) is 120. The summed E-state index contributed by atoms with van der Waals surface area (Å²) in [5, 5.41) is 68.5. The number of aryl methyl sites for hydroxylation is 12. The Morgan fingerprint density at radius 1 is 0.211 bits per heavy atom. The summed E-state index contributed by atoms with van der Waals surface area (Å²) >= 11 is 0. The van der Waals surface area contributed by atoms with Gasteiger partial charge in [0.25, 0.3) is 0 Å². The Morgan fingerprint density at radius 3 is 0.484 bits per heavy atom. The standard InChI is InChI=1S/3C34H38N4O4.2Au/c3*1-7-21-17(3)25-13-26-19(5)23(9-11-33(39)40)31(37-26)16-32-24(10-12-34(41)42)20(6)28(38-32)15-30-22(8-2)18(4)27(36-30)14-29(21)35-25;;/h3*13-16,35-36H,7-12H2,1-6H3,(H,39,40)(H,41,42);;/q;;;2*+3/p-6. The number of carbonyl (C=O) groups excluding carboxylic acids is 6. The first kappa shape index (κ1) is 96.7. The number of carbonyl (C=O) groups is 6. The zero-order valence-electron chi connectivity index (χ0n) is 75.8. The molecule has 0 spiro atoms. The van der Waals surface area contributed by atoms with Crippen LogP contribution in [-0.2, 0) is 112 Å². The van der Waals surface area contributed by atoms with Gasteiger partial charge in [-0.15, -0.1) is 0 Å². The second kappa shape index (κ2) is 40.6. The van der Waals surface area contributed by atoms with Crippen LogP contribution in [0.5, 0.6) is 0 Å². The molecule has 128 heavy (non-hydrogen) atoms. The molecule has 24 nitrogen and oxygen atoms in total. The number of fused-ring (bicyclic) bond motifs is 24. The Bertz CT molecular complexity index is 6220. The number of aromatic nitrogens is 12. The van der Waals surface area contributed by atoms with E-state index in [4.69, 9.17) is 29.9 Å². The topological polar surface area (TPSA) is 413 Å². The molecular weight excluding hydrogens is 1980 g/mol. The van der Waals surface area contributed by atoms with Crippen LogP contribution >= 0.6 is 0 Å². The van der Waals surface area contributed by atoms with Crippen LogP contribution < -0.4 is 30.6 Å². The summed E-state index contributed by atoms with van der Waals surface area (Å²) in [5.41, 5.74) is 44.8. The maximum atomic E-state index is 11.4. The summed E-state index contributed by atoms with van der Waals surface area (Å²) in [7, 11) is 0. The molecule has 0 aliphatic carbocycles. The number of H-pyrrole nitrogens is 6. The number of hydrogen-bond donors (Lipinski definition) is 6. The summed E-state index contributed by atoms with van der Waals surface area (Å²) in [5.74, 6) is -6.75. The van der Waals surface area contributed by atoms with E-state index in [0.717, 1.165) is 222 Å². The molecule has 6 aliphatic heterocycles. The number of nitrogens with one attached hydrogen (secondary N) is 6. The number of allylic oxidation sites excluding steroid dienone is 12. The van der Waals surface area contributed by atoms with Crippen molar-refractivity contribution in [3.05, 3.63) is 208 Å². The maximum absolute atomic E-state index is 11.4. The predicted molar refractivity (Wildman–Crippen MR) is 488 cm³/mol. The van der Waals surface area contributed by atoms with Crippen molar-refractivity contribution >= 4 is 169 Å². The minimum Gasteiger partial charge on any atom is -0.550 e. The SMILES string of the molecule is CCc1c(C)c2cc3[nH]c(cc4nc(cc5nc(cc1[nH]2)C(C)=C5CCC(=O)[O-])C(CCC(=O)[O-])=C4C)c(C)c3CC.CCc1c(C)c2cc3[nH]c(cc4nc(cc5nc(cc1[nH]2)C(C)=C5CCC(=O)[O-])C(CCC(=O)[O-])=C4C)c(C)c3CC.CCc1c(C)c2cc3[nH]c(cc4nc(cc5nc(cc1[nH]2)C(C)=C5CCC(=O)[O-])C(CCC(=O)[O-])=C4C)c(C)c3CC.[Au+3].[Au+3]. The minimum absolute atomic E-state index is 0. The van der Waals surface area contributed by atoms with Crippen LogP contribution in [0.2, 0.25) is 0 Å². The van der Waals surface area contributed by atoms with E-state index < -0.39 is 35.8 Å². The molecule has 9 aromatic heterocycles. The Morgan fingerprint density at radius 2 is 0.344 bits per heavy atom. The number of aromatic amines is 6. The van der Waals surface area contributed by atoms with Gasteiger partial charge in [-0.25, -0.2) is 29.9 Å². The van der Waals surface area contributed by atoms with E-state index in [0.29, 0.717) is 34.2 Å². The molecule has 9 aromatic rings. The van der Waals surface area contributed by atoms with Crippen molar-refractivity contribution in [2.24, 2.45) is 0 Å². The molecule has 0 radical (unpaired) electrons. The van der Waals surface area contributed by atoms with Crippen molar-refractivity contribution < 1.29 is 104 Å². The molecule has 670 valence electrons. The molecule has 6 N–H and O–H groups in total. The molecule has 0 amide bonds. The van der Waals surface area contributed by atoms with Crippen LogP contribution in [0.1, 0.15) is 295 Å². The molecule has 0 atom stereocenters. The van der Waals surface area contributed by atoms with Gasteiger partial charge in [-0.05, 0) is 405 Å². The van der Waals surface area contributed by atoms with Gasteiger partial charge >= 0.3 is 44.8 Å². The Labute approximate surface area is 775 Å². The van der Waals surface area contributed by atoms with Gasteiger partial charge in [0.1, 0.15) is 0 Å². The van der Waals surface area contributed by atoms with Crippen molar-refractivity contribution in [3.63, 3.8) is 0 Å². The van der Waals surface area contributed by atoms with Crippen molar-refractivity contribution in [3.8, 4) is 0 Å². The summed E-state index contributed by atoms with van der Waals surface area (Å²) in [6, 6.07) is 24.3. The largest absolute Gasteiger partial charge is 3.00 e. The zero-order valence-corrected chi connectivity index (χ0v) is 80.2. The van der Waals surface area contributed by atoms with E-state index in [9.17, 15) is 59.4 Å². The van der Waals surface area contributed by atoms with E-state index in [-0.39, 0.29) is 122 Å². The smallest absolute Gasteiger partial charge is 0.550 e. The Kier molecular flexibility index (Phi) is 30.7. The molecule has 15 rings (SSSR count). The average molecular weight is 2090 g/mol. The van der Waals surface area contributed by atoms with Crippen LogP contribution in [0.4, 0.5) is 0 Å². The normalized spacial score (nSPS) is 13.1. The number of carboxylic acids is 6. The first-order valence-corrected chi connectivity index (χ1v) is 43.7. The zero-order chi connectivity index (χ0) is 90.9. The number of hydrogen-bond acceptors (Lipinski definition) is 18. The van der Waals surface area contributed by atoms with E-state index in [2.05, 4.69) is 131 Å². The number of rotatable bonds is 24. The third-order valence-electron chi connectivity index (χ3n) is 26.0. The molecule has 15 heterocycles. The van der Waals surface area contributed by atoms with Crippen molar-refractivity contribution in [2.75, 3.05) is 0 Å². The molecule has 0 fully saturated rings. The second-order valence-corrected chi connectivity index (χ2v) is 33.3. The quantitative estimate of drug-likeness (QED) is 0.0306. The Balaban J connectivity index is 0.000000185. The average Bonchev–Trinajstić information content (AvgIpc) is 1.62. The molecule has 0 saturated heterocycles. The van der Waals surface area contributed by atoms with Crippen LogP contribution in [0.3, 0.4) is 0 Å². The fourth-order valence-corrected chi connectivity index (χ4v) is 18.6. The fourth-order valence-electron chi connectivity index (χ4n) is 18.6. The molecule has 24 bridgehead atoms. The second-order valence-electron chi connectivity index (χ2n) is 33.3. The first-order chi connectivity index (χ1) is 60.0. The third-order valence-corrected chi connectivity index (χ3v) is 26.0. The van der Waals surface area contributed by atoms with E-state index in [1.54, 1.807) is 0 Å². The summed E-state index contributed by atoms with van der Waals surface area (Å²) in [6.07, 6.45) is 5.88. The molecule has 0 saturated carbocycles. The van der Waals surface area contributed by atoms with E-state index in [1.165, 1.54) is 50.1 Å². The molecule has 6 aliphatic rings.